The van der Waals surface area contributed by atoms with E-state index in [1.165, 1.54) is 16.9 Å². The molecule has 0 bridgehead atoms. The molecule has 1 aliphatic rings. The minimum Gasteiger partial charge on any atom is -0.326 e. The zero-order valence-electron chi connectivity index (χ0n) is 15.5. The molecule has 0 aliphatic carbocycles. The normalized spacial score (nSPS) is 16.1. The van der Waals surface area contributed by atoms with Gasteiger partial charge in [-0.15, -0.1) is 11.3 Å². The molecule has 1 aliphatic heterocycles. The highest BCUT2D eigenvalue weighted by Crippen LogP contribution is 2.25. The number of rotatable bonds is 5. The topological polar surface area (TPSA) is 49.4 Å². The van der Waals surface area contributed by atoms with Crippen LogP contribution in [-0.2, 0) is 11.2 Å². The predicted octanol–water partition coefficient (Wildman–Crippen LogP) is 4.58. The van der Waals surface area contributed by atoms with Crippen molar-refractivity contribution in [3.63, 3.8) is 0 Å². The molecule has 142 valence electrons. The van der Waals surface area contributed by atoms with Crippen LogP contribution in [0.25, 0.3) is 0 Å². The van der Waals surface area contributed by atoms with Gasteiger partial charge in [-0.2, -0.15) is 0 Å². The van der Waals surface area contributed by atoms with Crippen molar-refractivity contribution in [1.29, 1.82) is 0 Å². The summed E-state index contributed by atoms with van der Waals surface area (Å²) >= 11 is 1.42. The number of amides is 2. The molecule has 0 radical (unpaired) electrons. The number of hydrogen-bond acceptors (Lipinski definition) is 3. The average molecular weight is 391 g/mol. The molecule has 5 heteroatoms. The van der Waals surface area contributed by atoms with Crippen LogP contribution in [0.1, 0.15) is 33.6 Å². The molecule has 2 heterocycles. The van der Waals surface area contributed by atoms with E-state index in [4.69, 9.17) is 0 Å². The highest BCUT2D eigenvalue weighted by atomic mass is 32.1. The molecule has 1 saturated heterocycles. The first-order valence-corrected chi connectivity index (χ1v) is 10.4. The summed E-state index contributed by atoms with van der Waals surface area (Å²) in [5.74, 6) is -0.159. The van der Waals surface area contributed by atoms with Crippen LogP contribution < -0.4 is 5.32 Å². The maximum Gasteiger partial charge on any atom is 0.264 e. The van der Waals surface area contributed by atoms with Crippen LogP contribution >= 0.6 is 11.3 Å². The summed E-state index contributed by atoms with van der Waals surface area (Å²) in [6, 6.07) is 21.3. The Morgan fingerprint density at radius 3 is 2.57 bits per heavy atom. The maximum absolute atomic E-state index is 13.0. The number of para-hydroxylation sites is 1. The lowest BCUT2D eigenvalue weighted by Gasteiger charge is -2.24. The maximum atomic E-state index is 13.0. The van der Waals surface area contributed by atoms with Gasteiger partial charge in [0.25, 0.3) is 5.91 Å². The zero-order chi connectivity index (χ0) is 19.3. The highest BCUT2D eigenvalue weighted by Gasteiger charge is 2.35. The van der Waals surface area contributed by atoms with Crippen LogP contribution in [0.2, 0.25) is 0 Å². The van der Waals surface area contributed by atoms with E-state index in [0.717, 1.165) is 24.1 Å². The van der Waals surface area contributed by atoms with Crippen molar-refractivity contribution in [3.8, 4) is 0 Å². The molecule has 2 aromatic carbocycles. The van der Waals surface area contributed by atoms with Gasteiger partial charge in [-0.1, -0.05) is 54.6 Å². The summed E-state index contributed by atoms with van der Waals surface area (Å²) in [7, 11) is 0. The fraction of sp³-hybridized carbons (Fsp3) is 0.217. The quantitative estimate of drug-likeness (QED) is 0.693. The molecule has 0 saturated carbocycles. The van der Waals surface area contributed by atoms with E-state index >= 15 is 0 Å². The van der Waals surface area contributed by atoms with Gasteiger partial charge in [-0.3, -0.25) is 9.59 Å². The minimum absolute atomic E-state index is 0.0507. The fourth-order valence-electron chi connectivity index (χ4n) is 3.65. The van der Waals surface area contributed by atoms with Crippen molar-refractivity contribution in [3.05, 3.63) is 88.1 Å². The Bertz CT molecular complexity index is 954. The molecular weight excluding hydrogens is 368 g/mol. The summed E-state index contributed by atoms with van der Waals surface area (Å²) in [5, 5.41) is 4.96. The Hall–Kier alpha value is -2.92. The number of likely N-dealkylation sites (tertiary alicyclic amines) is 1. The molecule has 1 fully saturated rings. The number of carbonyl (C=O) groups excluding carboxylic acids is 2. The van der Waals surface area contributed by atoms with Gasteiger partial charge in [0.05, 0.1) is 4.88 Å². The third-order valence-electron chi connectivity index (χ3n) is 5.06. The van der Waals surface area contributed by atoms with Gasteiger partial charge in [0.2, 0.25) is 5.91 Å². The van der Waals surface area contributed by atoms with Crippen molar-refractivity contribution < 1.29 is 9.59 Å². The van der Waals surface area contributed by atoms with Gasteiger partial charge < -0.3 is 10.2 Å². The number of hydrogen-bond donors (Lipinski definition) is 1. The van der Waals surface area contributed by atoms with E-state index in [1.54, 1.807) is 4.90 Å². The van der Waals surface area contributed by atoms with Crippen LogP contribution in [0.3, 0.4) is 0 Å². The molecule has 1 aromatic heterocycles. The second kappa shape index (κ2) is 8.40. The minimum atomic E-state index is -0.417. The molecule has 2 amide bonds. The van der Waals surface area contributed by atoms with E-state index in [2.05, 4.69) is 17.4 Å². The molecule has 3 aromatic rings. The van der Waals surface area contributed by atoms with E-state index < -0.39 is 6.04 Å². The lowest BCUT2D eigenvalue weighted by Crippen LogP contribution is -2.43. The summed E-state index contributed by atoms with van der Waals surface area (Å²) in [4.78, 5) is 28.1. The Morgan fingerprint density at radius 1 is 1.00 bits per heavy atom. The molecule has 0 unspecified atom stereocenters. The van der Waals surface area contributed by atoms with Crippen LogP contribution in [0.15, 0.2) is 72.1 Å². The molecule has 0 spiro atoms. The second-order valence-corrected chi connectivity index (χ2v) is 7.89. The molecule has 28 heavy (non-hydrogen) atoms. The number of benzene rings is 2. The fourth-order valence-corrected chi connectivity index (χ4v) is 4.33. The molecule has 1 N–H and O–H groups in total. The second-order valence-electron chi connectivity index (χ2n) is 6.94. The molecule has 4 nitrogen and oxygen atoms in total. The van der Waals surface area contributed by atoms with Gasteiger partial charge in [-0.05, 0) is 47.9 Å². The monoisotopic (exact) mass is 390 g/mol. The lowest BCUT2D eigenvalue weighted by molar-refractivity contribution is -0.119. The molecule has 4 rings (SSSR count). The summed E-state index contributed by atoms with van der Waals surface area (Å²) < 4.78 is 0. The van der Waals surface area contributed by atoms with E-state index in [0.29, 0.717) is 17.8 Å². The number of nitrogens with zero attached hydrogens (tertiary/aromatic N) is 1. The predicted molar refractivity (Wildman–Crippen MR) is 113 cm³/mol. The molecular formula is C23H22N2O2S. The Morgan fingerprint density at radius 2 is 1.79 bits per heavy atom. The van der Waals surface area contributed by atoms with E-state index in [1.807, 2.05) is 60.0 Å². The Kier molecular flexibility index (Phi) is 5.53. The van der Waals surface area contributed by atoms with Gasteiger partial charge >= 0.3 is 0 Å². The molecule has 1 atom stereocenters. The van der Waals surface area contributed by atoms with Gasteiger partial charge in [0, 0.05) is 12.2 Å². The first-order chi connectivity index (χ1) is 13.7. The van der Waals surface area contributed by atoms with Crippen molar-refractivity contribution >= 4 is 28.8 Å². The Labute approximate surface area is 168 Å². The smallest absolute Gasteiger partial charge is 0.264 e. The Balaban J connectivity index is 1.50. The van der Waals surface area contributed by atoms with Crippen molar-refractivity contribution in [2.24, 2.45) is 0 Å². The largest absolute Gasteiger partial charge is 0.326 e. The van der Waals surface area contributed by atoms with Crippen molar-refractivity contribution in [1.82, 2.24) is 4.90 Å². The van der Waals surface area contributed by atoms with Crippen LogP contribution in [-0.4, -0.2) is 29.3 Å². The van der Waals surface area contributed by atoms with Crippen LogP contribution in [0.4, 0.5) is 5.69 Å². The first-order valence-electron chi connectivity index (χ1n) is 9.49. The van der Waals surface area contributed by atoms with Gasteiger partial charge in [0.1, 0.15) is 6.04 Å². The van der Waals surface area contributed by atoms with E-state index in [9.17, 15) is 9.59 Å². The SMILES string of the molecule is O=C(Nc1ccccc1Cc1ccccc1)[C@@H]1CCCN1C(=O)c1cccs1. The van der Waals surface area contributed by atoms with Gasteiger partial charge in [0.15, 0.2) is 0 Å². The van der Waals surface area contributed by atoms with Crippen LogP contribution in [0.5, 0.6) is 0 Å². The third-order valence-corrected chi connectivity index (χ3v) is 5.92. The zero-order valence-corrected chi connectivity index (χ0v) is 16.3. The van der Waals surface area contributed by atoms with Crippen molar-refractivity contribution in [2.45, 2.75) is 25.3 Å². The van der Waals surface area contributed by atoms with E-state index in [-0.39, 0.29) is 11.8 Å². The number of nitrogens with one attached hydrogen (secondary N) is 1. The number of anilines is 1. The van der Waals surface area contributed by atoms with Crippen LogP contribution in [0, 0.1) is 0 Å². The third kappa shape index (κ3) is 3.99. The summed E-state index contributed by atoms with van der Waals surface area (Å²) in [5.41, 5.74) is 3.07. The highest BCUT2D eigenvalue weighted by molar-refractivity contribution is 7.12. The number of thiophene rings is 1. The summed E-state index contributed by atoms with van der Waals surface area (Å²) in [6.07, 6.45) is 2.30. The first kappa shape index (κ1) is 18.4. The standard InChI is InChI=1S/C23H22N2O2S/c26-22(20-12-6-14-25(20)23(27)21-13-7-15-28-21)24-19-11-5-4-10-18(19)16-17-8-2-1-3-9-17/h1-5,7-11,13,15,20H,6,12,14,16H2,(H,24,26)/t20-/m0/s1. The lowest BCUT2D eigenvalue weighted by atomic mass is 10.0. The van der Waals surface area contributed by atoms with Gasteiger partial charge in [-0.25, -0.2) is 0 Å². The summed E-state index contributed by atoms with van der Waals surface area (Å²) in [6.45, 7) is 0.625. The average Bonchev–Trinajstić information content (AvgIpc) is 3.42. The number of carbonyl (C=O) groups is 2. The van der Waals surface area contributed by atoms with Crippen molar-refractivity contribution in [2.75, 3.05) is 11.9 Å².